The van der Waals surface area contributed by atoms with E-state index >= 15 is 0 Å². The summed E-state index contributed by atoms with van der Waals surface area (Å²) in [5.41, 5.74) is 0.981. The molecule has 1 aromatic heterocycles. The number of nitrogens with zero attached hydrogens (tertiary/aromatic N) is 2. The van der Waals surface area contributed by atoms with Gasteiger partial charge in [-0.1, -0.05) is 19.9 Å². The second-order valence-electron chi connectivity index (χ2n) is 4.82. The smallest absolute Gasteiger partial charge is 0.260 e. The first-order valence-corrected chi connectivity index (χ1v) is 9.93. The number of thioether (sulfide) groups is 1. The quantitative estimate of drug-likeness (QED) is 0.749. The molecular weight excluding hydrogens is 306 g/mol. The number of pyridine rings is 1. The molecule has 1 unspecified atom stereocenters. The Kier molecular flexibility index (Phi) is 7.65. The van der Waals surface area contributed by atoms with Crippen molar-refractivity contribution in [2.24, 2.45) is 0 Å². The van der Waals surface area contributed by atoms with Gasteiger partial charge in [-0.3, -0.25) is 0 Å². The van der Waals surface area contributed by atoms with Gasteiger partial charge < -0.3 is 5.32 Å². The van der Waals surface area contributed by atoms with Gasteiger partial charge in [0, 0.05) is 31.6 Å². The summed E-state index contributed by atoms with van der Waals surface area (Å²) >= 11 is 1.65. The van der Waals surface area contributed by atoms with Crippen LogP contribution in [0.15, 0.2) is 23.4 Å². The molecule has 0 spiro atoms. The molecule has 1 N–H and O–H groups in total. The molecule has 0 aliphatic carbocycles. The third kappa shape index (κ3) is 4.95. The lowest BCUT2D eigenvalue weighted by Crippen LogP contribution is -2.38. The Morgan fingerprint density at radius 2 is 2.10 bits per heavy atom. The second kappa shape index (κ2) is 8.73. The average molecular weight is 332 g/mol. The van der Waals surface area contributed by atoms with Crippen LogP contribution in [0.3, 0.4) is 0 Å². The van der Waals surface area contributed by atoms with Crippen molar-refractivity contribution in [3.8, 4) is 0 Å². The van der Waals surface area contributed by atoms with Crippen molar-refractivity contribution < 1.29 is 8.42 Å². The molecule has 1 atom stereocenters. The van der Waals surface area contributed by atoms with E-state index in [9.17, 15) is 8.42 Å². The Morgan fingerprint density at radius 3 is 2.57 bits per heavy atom. The predicted octanol–water partition coefficient (Wildman–Crippen LogP) is 1.95. The minimum absolute atomic E-state index is 0.00626. The van der Waals surface area contributed by atoms with Gasteiger partial charge in [-0.2, -0.15) is 16.1 Å². The Bertz CT molecular complexity index is 518. The van der Waals surface area contributed by atoms with Crippen LogP contribution in [-0.2, 0) is 16.6 Å². The molecule has 1 rings (SSSR count). The lowest BCUT2D eigenvalue weighted by Gasteiger charge is -2.25. The van der Waals surface area contributed by atoms with Crippen molar-refractivity contribution in [1.29, 1.82) is 0 Å². The van der Waals surface area contributed by atoms with Crippen molar-refractivity contribution in [3.05, 3.63) is 23.9 Å². The lowest BCUT2D eigenvalue weighted by atomic mass is 10.3. The van der Waals surface area contributed by atoms with Crippen molar-refractivity contribution in [2.75, 3.05) is 25.6 Å². The summed E-state index contributed by atoms with van der Waals surface area (Å²) < 4.78 is 26.6. The zero-order chi connectivity index (χ0) is 15.9. The molecule has 0 saturated carbocycles. The van der Waals surface area contributed by atoms with Gasteiger partial charge in [-0.15, -0.1) is 0 Å². The molecule has 21 heavy (non-hydrogen) atoms. The number of sulfonamides is 1. The third-order valence-electron chi connectivity index (χ3n) is 3.36. The fourth-order valence-electron chi connectivity index (χ4n) is 1.95. The summed E-state index contributed by atoms with van der Waals surface area (Å²) in [5.74, 6) is 0.782. The van der Waals surface area contributed by atoms with Crippen LogP contribution in [0.2, 0.25) is 0 Å². The third-order valence-corrected chi connectivity index (χ3v) is 5.91. The molecular formula is C14H25N3O2S2. The standard InChI is InChI=1S/C14H25N3O2S2/c1-5-13(11-20-4)17(3)21(18,19)14-8-7-12(10-16-14)9-15-6-2/h7-8,10,13,15H,5-6,9,11H2,1-4H3. The Labute approximate surface area is 132 Å². The molecule has 0 amide bonds. The first-order chi connectivity index (χ1) is 9.97. The molecule has 1 aromatic rings. The monoisotopic (exact) mass is 331 g/mol. The first-order valence-electron chi connectivity index (χ1n) is 7.09. The molecule has 0 aromatic carbocycles. The summed E-state index contributed by atoms with van der Waals surface area (Å²) in [5, 5.41) is 3.30. The normalized spacial score (nSPS) is 13.6. The number of hydrogen-bond acceptors (Lipinski definition) is 5. The van der Waals surface area contributed by atoms with Crippen molar-refractivity contribution in [1.82, 2.24) is 14.6 Å². The lowest BCUT2D eigenvalue weighted by molar-refractivity contribution is 0.384. The zero-order valence-corrected chi connectivity index (χ0v) is 14.8. The number of aromatic nitrogens is 1. The molecule has 0 bridgehead atoms. The molecule has 120 valence electrons. The van der Waals surface area contributed by atoms with Gasteiger partial charge in [-0.25, -0.2) is 13.4 Å². The van der Waals surface area contributed by atoms with Gasteiger partial charge in [-0.05, 0) is 30.9 Å². The van der Waals surface area contributed by atoms with Gasteiger partial charge >= 0.3 is 0 Å². The maximum absolute atomic E-state index is 12.6. The molecule has 0 aliphatic heterocycles. The van der Waals surface area contributed by atoms with Crippen molar-refractivity contribution in [3.63, 3.8) is 0 Å². The highest BCUT2D eigenvalue weighted by Gasteiger charge is 2.27. The fraction of sp³-hybridized carbons (Fsp3) is 0.643. The van der Waals surface area contributed by atoms with Crippen LogP contribution >= 0.6 is 11.8 Å². The number of nitrogens with one attached hydrogen (secondary N) is 1. The van der Waals surface area contributed by atoms with Crippen LogP contribution in [0, 0.1) is 0 Å². The number of rotatable bonds is 9. The molecule has 5 nitrogen and oxygen atoms in total. The summed E-state index contributed by atoms with van der Waals surface area (Å²) in [6.45, 7) is 5.59. The Hall–Kier alpha value is -0.630. The predicted molar refractivity (Wildman–Crippen MR) is 89.0 cm³/mol. The second-order valence-corrected chi connectivity index (χ2v) is 7.68. The molecule has 7 heteroatoms. The summed E-state index contributed by atoms with van der Waals surface area (Å²) in [4.78, 5) is 4.12. The number of hydrogen-bond donors (Lipinski definition) is 1. The van der Waals surface area contributed by atoms with Crippen molar-refractivity contribution >= 4 is 21.8 Å². The van der Waals surface area contributed by atoms with E-state index in [2.05, 4.69) is 10.3 Å². The van der Waals surface area contributed by atoms with Gasteiger partial charge in [0.1, 0.15) is 0 Å². The van der Waals surface area contributed by atoms with Crippen LogP contribution in [-0.4, -0.2) is 49.3 Å². The highest BCUT2D eigenvalue weighted by Crippen LogP contribution is 2.18. The minimum Gasteiger partial charge on any atom is -0.313 e. The maximum atomic E-state index is 12.6. The van der Waals surface area contributed by atoms with E-state index < -0.39 is 10.0 Å². The molecule has 0 saturated heterocycles. The molecule has 1 heterocycles. The fourth-order valence-corrected chi connectivity index (χ4v) is 4.23. The maximum Gasteiger partial charge on any atom is 0.260 e. The van der Waals surface area contributed by atoms with E-state index in [1.165, 1.54) is 4.31 Å². The molecule has 0 aliphatic rings. The van der Waals surface area contributed by atoms with Gasteiger partial charge in [0.2, 0.25) is 0 Å². The summed E-state index contributed by atoms with van der Waals surface area (Å²) in [7, 11) is -1.89. The van der Waals surface area contributed by atoms with Crippen LogP contribution in [0.4, 0.5) is 0 Å². The summed E-state index contributed by atoms with van der Waals surface area (Å²) in [6.07, 6.45) is 4.39. The highest BCUT2D eigenvalue weighted by molar-refractivity contribution is 7.98. The van der Waals surface area contributed by atoms with Crippen LogP contribution in [0.1, 0.15) is 25.8 Å². The van der Waals surface area contributed by atoms with E-state index in [-0.39, 0.29) is 11.1 Å². The van der Waals surface area contributed by atoms with Gasteiger partial charge in [0.05, 0.1) is 0 Å². The van der Waals surface area contributed by atoms with E-state index in [1.54, 1.807) is 31.1 Å². The van der Waals surface area contributed by atoms with Gasteiger partial charge in [0.25, 0.3) is 10.0 Å². The van der Waals surface area contributed by atoms with Gasteiger partial charge in [0.15, 0.2) is 5.03 Å². The zero-order valence-electron chi connectivity index (χ0n) is 13.2. The van der Waals surface area contributed by atoms with Crippen LogP contribution in [0.25, 0.3) is 0 Å². The Morgan fingerprint density at radius 1 is 1.38 bits per heavy atom. The largest absolute Gasteiger partial charge is 0.313 e. The van der Waals surface area contributed by atoms with E-state index in [4.69, 9.17) is 0 Å². The van der Waals surface area contributed by atoms with E-state index in [1.807, 2.05) is 26.2 Å². The Balaban J connectivity index is 2.91. The average Bonchev–Trinajstić information content (AvgIpc) is 2.50. The van der Waals surface area contributed by atoms with E-state index in [0.29, 0.717) is 6.54 Å². The minimum atomic E-state index is -3.52. The highest BCUT2D eigenvalue weighted by atomic mass is 32.2. The summed E-state index contributed by atoms with van der Waals surface area (Å²) in [6, 6.07) is 3.39. The topological polar surface area (TPSA) is 62.3 Å². The molecule has 0 radical (unpaired) electrons. The molecule has 0 fully saturated rings. The van der Waals surface area contributed by atoms with Crippen molar-refractivity contribution in [2.45, 2.75) is 37.9 Å². The van der Waals surface area contributed by atoms with Crippen LogP contribution in [0.5, 0.6) is 0 Å². The van der Waals surface area contributed by atoms with Crippen LogP contribution < -0.4 is 5.32 Å². The first kappa shape index (κ1) is 18.4. The SMILES string of the molecule is CCNCc1ccc(S(=O)(=O)N(C)C(CC)CSC)nc1. The van der Waals surface area contributed by atoms with E-state index in [0.717, 1.165) is 24.3 Å².